The van der Waals surface area contributed by atoms with Gasteiger partial charge in [-0.05, 0) is 93.8 Å². The molecule has 1 N–H and O–H groups in total. The summed E-state index contributed by atoms with van der Waals surface area (Å²) in [6.45, 7) is 13.5. The van der Waals surface area contributed by atoms with E-state index in [1.807, 2.05) is 75.4 Å². The molecule has 0 aromatic heterocycles. The number of hydrogen-bond acceptors (Lipinski definition) is 2. The van der Waals surface area contributed by atoms with Crippen LogP contribution in [0.2, 0.25) is 10.0 Å². The molecule has 1 unspecified atom stereocenters. The van der Waals surface area contributed by atoms with Crippen LogP contribution in [-0.2, 0) is 0 Å². The molecule has 186 valence electrons. The van der Waals surface area contributed by atoms with Gasteiger partial charge >= 0.3 is 0 Å². The van der Waals surface area contributed by atoms with Crippen molar-refractivity contribution in [1.29, 1.82) is 0 Å². The number of anilines is 1. The Balaban J connectivity index is 1.85. The summed E-state index contributed by atoms with van der Waals surface area (Å²) < 4.78 is 13.8. The van der Waals surface area contributed by atoms with E-state index < -0.39 is 10.5 Å². The van der Waals surface area contributed by atoms with Gasteiger partial charge in [-0.25, -0.2) is 4.39 Å². The summed E-state index contributed by atoms with van der Waals surface area (Å²) in [5.74, 6) is 0.218. The average Bonchev–Trinajstić information content (AvgIpc) is 2.72. The molecule has 0 fully saturated rings. The predicted octanol–water partition coefficient (Wildman–Crippen LogP) is 10.5. The fraction of sp³-hybridized carbons (Fsp3) is 0.310. The Hall–Kier alpha value is -1.65. The van der Waals surface area contributed by atoms with Crippen LogP contribution in [0.4, 0.5) is 10.1 Å². The van der Waals surface area contributed by atoms with Gasteiger partial charge in [-0.15, -0.1) is 23.4 Å². The molecule has 35 heavy (non-hydrogen) atoms. The highest BCUT2D eigenvalue weighted by Crippen LogP contribution is 2.41. The van der Waals surface area contributed by atoms with Crippen molar-refractivity contribution in [1.82, 2.24) is 0 Å². The van der Waals surface area contributed by atoms with E-state index in [0.29, 0.717) is 15.8 Å². The van der Waals surface area contributed by atoms with Crippen LogP contribution in [0.15, 0.2) is 77.8 Å². The lowest BCUT2D eigenvalue weighted by atomic mass is 9.84. The fourth-order valence-corrected chi connectivity index (χ4v) is 5.63. The minimum absolute atomic E-state index is 0.184. The molecule has 3 aromatic rings. The van der Waals surface area contributed by atoms with Gasteiger partial charge in [0.15, 0.2) is 0 Å². The molecule has 0 bridgehead atoms. The van der Waals surface area contributed by atoms with Gasteiger partial charge in [0.25, 0.3) is 0 Å². The standard InChI is InChI=1S/C29H31Cl3FNS/c1-18-13-21(15-22(30)14-18)27(29(5,6)32)19(2)34-23-9-12-26(31)25(16-23)20-7-10-24(11-8-20)35-17-28(3,4)33/h7-16,27,34H,2,17H2,1,3-6H3. The Kier molecular flexibility index (Phi) is 8.91. The van der Waals surface area contributed by atoms with Gasteiger partial charge < -0.3 is 5.32 Å². The van der Waals surface area contributed by atoms with Gasteiger partial charge in [-0.3, -0.25) is 0 Å². The zero-order valence-electron chi connectivity index (χ0n) is 20.7. The first-order chi connectivity index (χ1) is 16.2. The number of thioether (sulfide) groups is 1. The van der Waals surface area contributed by atoms with E-state index in [9.17, 15) is 4.39 Å². The van der Waals surface area contributed by atoms with E-state index in [0.717, 1.165) is 38.5 Å². The van der Waals surface area contributed by atoms with Crippen molar-refractivity contribution in [2.45, 2.75) is 56.0 Å². The molecule has 1 atom stereocenters. The van der Waals surface area contributed by atoms with E-state index in [1.165, 1.54) is 11.8 Å². The molecule has 6 heteroatoms. The topological polar surface area (TPSA) is 12.0 Å². The highest BCUT2D eigenvalue weighted by molar-refractivity contribution is 7.99. The fourth-order valence-electron chi connectivity index (χ4n) is 4.01. The quantitative estimate of drug-likeness (QED) is 0.210. The summed E-state index contributed by atoms with van der Waals surface area (Å²) in [5.41, 5.74) is 4.36. The number of aryl methyl sites for hydroxylation is 1. The smallest absolute Gasteiger partial charge is 0.114 e. The van der Waals surface area contributed by atoms with Crippen LogP contribution in [0.1, 0.15) is 44.7 Å². The molecule has 3 rings (SSSR count). The molecule has 0 aliphatic heterocycles. The lowest BCUT2D eigenvalue weighted by Gasteiger charge is -2.32. The molecule has 3 aromatic carbocycles. The van der Waals surface area contributed by atoms with E-state index in [2.05, 4.69) is 18.0 Å². The molecule has 0 radical (unpaired) electrons. The highest BCUT2D eigenvalue weighted by Gasteiger charge is 2.31. The van der Waals surface area contributed by atoms with Crippen LogP contribution in [0.25, 0.3) is 11.1 Å². The van der Waals surface area contributed by atoms with Gasteiger partial charge in [0.05, 0.1) is 4.87 Å². The third-order valence-corrected chi connectivity index (χ3v) is 7.65. The van der Waals surface area contributed by atoms with E-state index >= 15 is 0 Å². The molecule has 1 nitrogen and oxygen atoms in total. The van der Waals surface area contributed by atoms with Crippen LogP contribution in [0, 0.1) is 6.92 Å². The molecule has 0 spiro atoms. The SMILES string of the molecule is C=C(Nc1ccc(Cl)c(-c2ccc(SCC(C)(C)F)cc2)c1)C(c1cc(C)cc(Cl)c1)C(C)(C)Cl. The molecule has 0 saturated carbocycles. The Labute approximate surface area is 228 Å². The summed E-state index contributed by atoms with van der Waals surface area (Å²) in [5, 5.41) is 4.76. The van der Waals surface area contributed by atoms with Crippen LogP contribution < -0.4 is 5.32 Å². The zero-order valence-corrected chi connectivity index (χ0v) is 23.8. The largest absolute Gasteiger partial charge is 0.359 e. The maximum absolute atomic E-state index is 13.8. The van der Waals surface area contributed by atoms with E-state index in [4.69, 9.17) is 34.8 Å². The Morgan fingerprint density at radius 2 is 1.66 bits per heavy atom. The van der Waals surface area contributed by atoms with Crippen molar-refractivity contribution >= 4 is 52.3 Å². The molecule has 0 amide bonds. The molecular weight excluding hydrogens is 520 g/mol. The number of alkyl halides is 2. The second-order valence-electron chi connectivity index (χ2n) is 9.94. The minimum Gasteiger partial charge on any atom is -0.359 e. The second kappa shape index (κ2) is 11.2. The number of allylic oxidation sites excluding steroid dienone is 1. The van der Waals surface area contributed by atoms with Gasteiger partial charge in [0, 0.05) is 43.6 Å². The number of rotatable bonds is 9. The van der Waals surface area contributed by atoms with E-state index in [1.54, 1.807) is 13.8 Å². The van der Waals surface area contributed by atoms with Crippen molar-refractivity contribution in [3.63, 3.8) is 0 Å². The van der Waals surface area contributed by atoms with Crippen molar-refractivity contribution in [2.24, 2.45) is 0 Å². The van der Waals surface area contributed by atoms with E-state index in [-0.39, 0.29) is 5.92 Å². The molecule has 0 aliphatic rings. The summed E-state index contributed by atoms with van der Waals surface area (Å²) in [4.78, 5) is 0.417. The van der Waals surface area contributed by atoms with Crippen molar-refractivity contribution in [2.75, 3.05) is 11.1 Å². The number of hydrogen-bond donors (Lipinski definition) is 1. The Morgan fingerprint density at radius 1 is 1.00 bits per heavy atom. The number of nitrogens with one attached hydrogen (secondary N) is 1. The summed E-state index contributed by atoms with van der Waals surface area (Å²) in [6, 6.07) is 19.7. The molecule has 0 heterocycles. The van der Waals surface area contributed by atoms with Crippen molar-refractivity contribution in [3.05, 3.63) is 94.1 Å². The van der Waals surface area contributed by atoms with Crippen LogP contribution in [0.3, 0.4) is 0 Å². The maximum atomic E-state index is 13.8. The first-order valence-corrected chi connectivity index (χ1v) is 13.5. The summed E-state index contributed by atoms with van der Waals surface area (Å²) >= 11 is 21.2. The Morgan fingerprint density at radius 3 is 2.23 bits per heavy atom. The third-order valence-electron chi connectivity index (χ3n) is 5.45. The van der Waals surface area contributed by atoms with Crippen LogP contribution in [-0.4, -0.2) is 16.3 Å². The van der Waals surface area contributed by atoms with Gasteiger partial charge in [0.2, 0.25) is 0 Å². The predicted molar refractivity (Wildman–Crippen MR) is 154 cm³/mol. The Bertz CT molecular complexity index is 1170. The van der Waals surface area contributed by atoms with Crippen LogP contribution in [0.5, 0.6) is 0 Å². The lowest BCUT2D eigenvalue weighted by Crippen LogP contribution is -2.27. The lowest BCUT2D eigenvalue weighted by molar-refractivity contribution is 0.253. The molecule has 0 saturated heterocycles. The first-order valence-electron chi connectivity index (χ1n) is 11.4. The zero-order chi connectivity index (χ0) is 26.0. The van der Waals surface area contributed by atoms with Crippen LogP contribution >= 0.6 is 46.6 Å². The molecular formula is C29H31Cl3FNS. The average molecular weight is 551 g/mol. The van der Waals surface area contributed by atoms with Crippen molar-refractivity contribution in [3.8, 4) is 11.1 Å². The van der Waals surface area contributed by atoms with Gasteiger partial charge in [-0.2, -0.15) is 0 Å². The minimum atomic E-state index is -1.21. The molecule has 0 aliphatic carbocycles. The number of benzene rings is 3. The highest BCUT2D eigenvalue weighted by atomic mass is 35.5. The van der Waals surface area contributed by atoms with Gasteiger partial charge in [-0.1, -0.05) is 48.0 Å². The normalized spacial score (nSPS) is 12.9. The first kappa shape index (κ1) is 27.9. The third kappa shape index (κ3) is 7.92. The van der Waals surface area contributed by atoms with Gasteiger partial charge in [0.1, 0.15) is 5.67 Å². The number of halogens is 4. The maximum Gasteiger partial charge on any atom is 0.114 e. The second-order valence-corrected chi connectivity index (χ2v) is 12.8. The monoisotopic (exact) mass is 549 g/mol. The van der Waals surface area contributed by atoms with Crippen molar-refractivity contribution < 1.29 is 4.39 Å². The summed E-state index contributed by atoms with van der Waals surface area (Å²) in [6.07, 6.45) is 0. The summed E-state index contributed by atoms with van der Waals surface area (Å²) in [7, 11) is 0.